The maximum absolute atomic E-state index is 10.0. The molecule has 1 atom stereocenters. The highest BCUT2D eigenvalue weighted by atomic mass is 35.5. The molecule has 0 aliphatic carbocycles. The number of hydrogen-bond donors (Lipinski definition) is 1. The van der Waals surface area contributed by atoms with E-state index in [1.165, 1.54) is 0 Å². The number of halogens is 1. The fraction of sp³-hybridized carbons (Fsp3) is 0.438. The first-order chi connectivity index (χ1) is 9.54. The molecule has 2 aromatic rings. The van der Waals surface area contributed by atoms with E-state index in [9.17, 15) is 5.11 Å². The molecule has 0 bridgehead atoms. The van der Waals surface area contributed by atoms with E-state index in [2.05, 4.69) is 24.2 Å². The number of aliphatic hydroxyl groups is 1. The zero-order valence-electron chi connectivity index (χ0n) is 12.2. The summed E-state index contributed by atoms with van der Waals surface area (Å²) in [5.74, 6) is 0. The van der Waals surface area contributed by atoms with Crippen LogP contribution < -0.4 is 0 Å². The van der Waals surface area contributed by atoms with Crippen LogP contribution in [0.4, 0.5) is 0 Å². The number of aryl methyl sites for hydroxylation is 2. The summed E-state index contributed by atoms with van der Waals surface area (Å²) in [6.45, 7) is 4.09. The van der Waals surface area contributed by atoms with Crippen LogP contribution in [-0.4, -0.2) is 21.5 Å². The van der Waals surface area contributed by atoms with E-state index >= 15 is 0 Å². The Kier molecular flexibility index (Phi) is 4.51. The van der Waals surface area contributed by atoms with Gasteiger partial charge in [0.15, 0.2) is 0 Å². The van der Waals surface area contributed by atoms with Crippen molar-refractivity contribution in [2.24, 2.45) is 7.05 Å². The molecule has 4 heteroatoms. The van der Waals surface area contributed by atoms with E-state index < -0.39 is 0 Å². The molecular weight excluding hydrogens is 272 g/mol. The molecule has 1 heterocycles. The maximum atomic E-state index is 10.0. The van der Waals surface area contributed by atoms with Crippen LogP contribution in [0.1, 0.15) is 30.3 Å². The lowest BCUT2D eigenvalue weighted by Gasteiger charge is -2.31. The Morgan fingerprint density at radius 2 is 1.95 bits per heavy atom. The minimum atomic E-state index is -0.314. The van der Waals surface area contributed by atoms with Crippen LogP contribution in [0.5, 0.6) is 0 Å². The van der Waals surface area contributed by atoms with Gasteiger partial charge in [-0.3, -0.25) is 4.68 Å². The van der Waals surface area contributed by atoms with Gasteiger partial charge in [0.1, 0.15) is 0 Å². The molecule has 108 valence electrons. The van der Waals surface area contributed by atoms with Crippen LogP contribution in [0, 0.1) is 6.92 Å². The third-order valence-corrected chi connectivity index (χ3v) is 4.62. The van der Waals surface area contributed by atoms with Gasteiger partial charge in [0.2, 0.25) is 0 Å². The lowest BCUT2D eigenvalue weighted by atomic mass is 9.75. The molecule has 1 N–H and O–H groups in total. The molecule has 0 saturated heterocycles. The average molecular weight is 293 g/mol. The monoisotopic (exact) mass is 292 g/mol. The molecule has 0 aliphatic heterocycles. The highest BCUT2D eigenvalue weighted by Crippen LogP contribution is 2.34. The Hall–Kier alpha value is -1.32. The summed E-state index contributed by atoms with van der Waals surface area (Å²) >= 11 is 6.36. The number of hydrogen-bond acceptors (Lipinski definition) is 2. The summed E-state index contributed by atoms with van der Waals surface area (Å²) in [4.78, 5) is 0. The molecule has 0 saturated carbocycles. The predicted octanol–water partition coefficient (Wildman–Crippen LogP) is 3.26. The van der Waals surface area contributed by atoms with Crippen LogP contribution >= 0.6 is 11.6 Å². The summed E-state index contributed by atoms with van der Waals surface area (Å²) < 4.78 is 1.82. The van der Waals surface area contributed by atoms with Crippen molar-refractivity contribution >= 4 is 11.6 Å². The minimum absolute atomic E-state index is 0.0913. The van der Waals surface area contributed by atoms with Gasteiger partial charge in [0.25, 0.3) is 0 Å². The smallest absolute Gasteiger partial charge is 0.0847 e. The van der Waals surface area contributed by atoms with Gasteiger partial charge in [0.05, 0.1) is 23.0 Å². The number of benzene rings is 1. The Morgan fingerprint density at radius 3 is 2.40 bits per heavy atom. The van der Waals surface area contributed by atoms with Gasteiger partial charge in [0, 0.05) is 18.9 Å². The SMILES string of the molecule is CCC(CO)(Cc1c(Cl)c(C)nn1C)c1ccccc1. The molecule has 0 amide bonds. The van der Waals surface area contributed by atoms with Gasteiger partial charge in [-0.25, -0.2) is 0 Å². The summed E-state index contributed by atoms with van der Waals surface area (Å²) in [6, 6.07) is 10.1. The van der Waals surface area contributed by atoms with Gasteiger partial charge in [-0.15, -0.1) is 0 Å². The maximum Gasteiger partial charge on any atom is 0.0847 e. The zero-order valence-corrected chi connectivity index (χ0v) is 13.0. The van der Waals surface area contributed by atoms with E-state index in [1.54, 1.807) is 0 Å². The van der Waals surface area contributed by atoms with E-state index in [-0.39, 0.29) is 12.0 Å². The quantitative estimate of drug-likeness (QED) is 0.918. The Balaban J connectivity index is 2.45. The molecule has 0 aliphatic rings. The Bertz CT molecular complexity index is 574. The lowest BCUT2D eigenvalue weighted by molar-refractivity contribution is 0.184. The van der Waals surface area contributed by atoms with E-state index in [0.717, 1.165) is 23.4 Å². The van der Waals surface area contributed by atoms with Crippen LogP contribution in [0.15, 0.2) is 30.3 Å². The summed E-state index contributed by atoms with van der Waals surface area (Å²) in [5.41, 5.74) is 2.63. The standard InChI is InChI=1S/C16H21ClN2O/c1-4-16(11-20,13-8-6-5-7-9-13)10-14-15(17)12(2)18-19(14)3/h5-9,20H,4,10-11H2,1-3H3. The third kappa shape index (κ3) is 2.60. The van der Waals surface area contributed by atoms with Gasteiger partial charge < -0.3 is 5.11 Å². The summed E-state index contributed by atoms with van der Waals surface area (Å²) in [7, 11) is 1.90. The number of rotatable bonds is 5. The molecule has 20 heavy (non-hydrogen) atoms. The van der Waals surface area contributed by atoms with E-state index in [0.29, 0.717) is 11.4 Å². The van der Waals surface area contributed by atoms with Crippen molar-refractivity contribution in [2.45, 2.75) is 32.1 Å². The second-order valence-electron chi connectivity index (χ2n) is 5.30. The topological polar surface area (TPSA) is 38.1 Å². The minimum Gasteiger partial charge on any atom is -0.395 e. The third-order valence-electron chi connectivity index (χ3n) is 4.13. The molecule has 0 fully saturated rings. The van der Waals surface area contributed by atoms with E-state index in [4.69, 9.17) is 11.6 Å². The highest BCUT2D eigenvalue weighted by Gasteiger charge is 2.32. The van der Waals surface area contributed by atoms with Crippen LogP contribution in [0.2, 0.25) is 5.02 Å². The van der Waals surface area contributed by atoms with Crippen LogP contribution in [-0.2, 0) is 18.9 Å². The molecular formula is C16H21ClN2O. The van der Waals surface area contributed by atoms with Crippen molar-refractivity contribution in [1.82, 2.24) is 9.78 Å². The van der Waals surface area contributed by atoms with Gasteiger partial charge in [-0.05, 0) is 18.9 Å². The summed E-state index contributed by atoms with van der Waals surface area (Å²) in [6.07, 6.45) is 1.52. The fourth-order valence-electron chi connectivity index (χ4n) is 2.67. The molecule has 1 unspecified atom stereocenters. The molecule has 0 spiro atoms. The molecule has 3 nitrogen and oxygen atoms in total. The first-order valence-electron chi connectivity index (χ1n) is 6.88. The fourth-order valence-corrected chi connectivity index (χ4v) is 2.90. The van der Waals surface area contributed by atoms with Crippen molar-refractivity contribution < 1.29 is 5.11 Å². The van der Waals surface area contributed by atoms with E-state index in [1.807, 2.05) is 36.9 Å². The first-order valence-corrected chi connectivity index (χ1v) is 7.26. The normalized spacial score (nSPS) is 14.2. The Morgan fingerprint density at radius 1 is 1.30 bits per heavy atom. The van der Waals surface area contributed by atoms with Crippen molar-refractivity contribution in [3.05, 3.63) is 52.3 Å². The van der Waals surface area contributed by atoms with Crippen molar-refractivity contribution in [3.8, 4) is 0 Å². The van der Waals surface area contributed by atoms with Crippen molar-refractivity contribution in [3.63, 3.8) is 0 Å². The summed E-state index contributed by atoms with van der Waals surface area (Å²) in [5, 5.41) is 15.1. The lowest BCUT2D eigenvalue weighted by Crippen LogP contribution is -2.33. The van der Waals surface area contributed by atoms with Crippen molar-refractivity contribution in [2.75, 3.05) is 6.61 Å². The van der Waals surface area contributed by atoms with Gasteiger partial charge in [-0.2, -0.15) is 5.10 Å². The second-order valence-corrected chi connectivity index (χ2v) is 5.68. The number of aromatic nitrogens is 2. The van der Waals surface area contributed by atoms with Crippen LogP contribution in [0.25, 0.3) is 0 Å². The predicted molar refractivity (Wildman–Crippen MR) is 82.2 cm³/mol. The zero-order chi connectivity index (χ0) is 14.8. The van der Waals surface area contributed by atoms with Gasteiger partial charge >= 0.3 is 0 Å². The largest absolute Gasteiger partial charge is 0.395 e. The molecule has 1 aromatic heterocycles. The average Bonchev–Trinajstić information content (AvgIpc) is 2.71. The van der Waals surface area contributed by atoms with Crippen molar-refractivity contribution in [1.29, 1.82) is 0 Å². The number of aliphatic hydroxyl groups excluding tert-OH is 1. The molecule has 1 aromatic carbocycles. The molecule has 2 rings (SSSR count). The second kappa shape index (κ2) is 5.98. The van der Waals surface area contributed by atoms with Crippen LogP contribution in [0.3, 0.4) is 0 Å². The highest BCUT2D eigenvalue weighted by molar-refractivity contribution is 6.31. The first kappa shape index (κ1) is 15.1. The Labute approximate surface area is 125 Å². The molecule has 0 radical (unpaired) electrons. The van der Waals surface area contributed by atoms with Gasteiger partial charge in [-0.1, -0.05) is 48.9 Å². The number of nitrogens with zero attached hydrogens (tertiary/aromatic N) is 2.